The Bertz CT molecular complexity index is 988. The fourth-order valence-corrected chi connectivity index (χ4v) is 6.39. The number of nitrogens with zero attached hydrogens (tertiary/aromatic N) is 2. The van der Waals surface area contributed by atoms with Crippen LogP contribution in [-0.4, -0.2) is 44.0 Å². The summed E-state index contributed by atoms with van der Waals surface area (Å²) >= 11 is 5.15. The van der Waals surface area contributed by atoms with E-state index in [1.54, 1.807) is 28.8 Å². The molecule has 5 nitrogen and oxygen atoms in total. The van der Waals surface area contributed by atoms with Gasteiger partial charge in [-0.1, -0.05) is 12.1 Å². The number of rotatable bonds is 3. The average Bonchev–Trinajstić information content (AvgIpc) is 3.23. The number of anilines is 1. The third-order valence-electron chi connectivity index (χ3n) is 4.84. The van der Waals surface area contributed by atoms with Gasteiger partial charge in [-0.3, -0.25) is 4.79 Å². The molecule has 0 N–H and O–H groups in total. The molecular formula is C19H19BrN2O3S2. The first-order chi connectivity index (χ1) is 13.0. The lowest BCUT2D eigenvalue weighted by atomic mass is 10.1. The second-order valence-corrected chi connectivity index (χ2v) is 10.5. The van der Waals surface area contributed by atoms with Crippen LogP contribution in [0.25, 0.3) is 0 Å². The molecule has 0 aliphatic carbocycles. The third-order valence-corrected chi connectivity index (χ3v) is 8.47. The molecule has 0 atom stereocenters. The van der Waals surface area contributed by atoms with Gasteiger partial charge in [0.2, 0.25) is 10.0 Å². The van der Waals surface area contributed by atoms with Crippen LogP contribution in [-0.2, 0) is 10.0 Å². The van der Waals surface area contributed by atoms with Gasteiger partial charge >= 0.3 is 0 Å². The van der Waals surface area contributed by atoms with Gasteiger partial charge in [-0.05, 0) is 59.1 Å². The van der Waals surface area contributed by atoms with Gasteiger partial charge < -0.3 is 4.90 Å². The first-order valence-electron chi connectivity index (χ1n) is 8.82. The van der Waals surface area contributed by atoms with Crippen LogP contribution in [0.2, 0.25) is 0 Å². The van der Waals surface area contributed by atoms with Crippen molar-refractivity contribution in [2.45, 2.75) is 22.6 Å². The Morgan fingerprint density at radius 2 is 1.78 bits per heavy atom. The maximum atomic E-state index is 13.3. The number of para-hydroxylation sites is 1. The van der Waals surface area contributed by atoms with Crippen LogP contribution in [0, 0.1) is 0 Å². The molecule has 0 radical (unpaired) electrons. The van der Waals surface area contributed by atoms with Crippen molar-refractivity contribution in [1.82, 2.24) is 4.31 Å². The van der Waals surface area contributed by atoms with Crippen molar-refractivity contribution in [1.29, 1.82) is 0 Å². The van der Waals surface area contributed by atoms with Gasteiger partial charge in [0, 0.05) is 34.8 Å². The Morgan fingerprint density at radius 1 is 1.04 bits per heavy atom. The summed E-state index contributed by atoms with van der Waals surface area (Å²) in [6.07, 6.45) is 1.76. The van der Waals surface area contributed by atoms with E-state index in [-0.39, 0.29) is 10.8 Å². The SMILES string of the molecule is O=C(c1cc(S(=O)(=O)N2CCCC2)ccc1Br)N1CCSc2ccccc21. The largest absolute Gasteiger partial charge is 0.306 e. The molecule has 0 aromatic heterocycles. The normalized spacial score (nSPS) is 17.7. The Balaban J connectivity index is 1.71. The summed E-state index contributed by atoms with van der Waals surface area (Å²) in [5.74, 6) is 0.625. The molecule has 0 unspecified atom stereocenters. The van der Waals surface area contributed by atoms with Crippen molar-refractivity contribution in [2.24, 2.45) is 0 Å². The number of halogens is 1. The predicted molar refractivity (Wildman–Crippen MR) is 111 cm³/mol. The van der Waals surface area contributed by atoms with Gasteiger partial charge in [0.05, 0.1) is 16.1 Å². The van der Waals surface area contributed by atoms with E-state index in [0.717, 1.165) is 29.2 Å². The van der Waals surface area contributed by atoms with E-state index >= 15 is 0 Å². The molecule has 0 spiro atoms. The van der Waals surface area contributed by atoms with E-state index in [2.05, 4.69) is 15.9 Å². The Labute approximate surface area is 171 Å². The number of hydrogen-bond acceptors (Lipinski definition) is 4. The first-order valence-corrected chi connectivity index (χ1v) is 12.0. The molecule has 2 aliphatic rings. The summed E-state index contributed by atoms with van der Waals surface area (Å²) in [6.45, 7) is 1.67. The average molecular weight is 467 g/mol. The smallest absolute Gasteiger partial charge is 0.259 e. The highest BCUT2D eigenvalue weighted by molar-refractivity contribution is 9.10. The lowest BCUT2D eigenvalue weighted by Crippen LogP contribution is -2.36. The van der Waals surface area contributed by atoms with Crippen LogP contribution in [0.1, 0.15) is 23.2 Å². The van der Waals surface area contributed by atoms with Gasteiger partial charge in [0.1, 0.15) is 0 Å². The zero-order chi connectivity index (χ0) is 19.0. The highest BCUT2D eigenvalue weighted by Crippen LogP contribution is 2.36. The van der Waals surface area contributed by atoms with Crippen molar-refractivity contribution in [3.63, 3.8) is 0 Å². The van der Waals surface area contributed by atoms with Crippen molar-refractivity contribution < 1.29 is 13.2 Å². The Morgan fingerprint density at radius 3 is 2.56 bits per heavy atom. The van der Waals surface area contributed by atoms with Crippen molar-refractivity contribution >= 4 is 49.3 Å². The number of carbonyl (C=O) groups is 1. The number of sulfonamides is 1. The molecule has 4 rings (SSSR count). The summed E-state index contributed by atoms with van der Waals surface area (Å²) in [5, 5.41) is 0. The van der Waals surface area contributed by atoms with Crippen LogP contribution in [0.3, 0.4) is 0 Å². The van der Waals surface area contributed by atoms with E-state index < -0.39 is 10.0 Å². The zero-order valence-corrected chi connectivity index (χ0v) is 17.8. The molecule has 2 aromatic rings. The van der Waals surface area contributed by atoms with Crippen LogP contribution >= 0.6 is 27.7 Å². The first kappa shape index (κ1) is 19.0. The maximum absolute atomic E-state index is 13.3. The molecule has 1 saturated heterocycles. The fourth-order valence-electron chi connectivity index (χ4n) is 3.43. The molecule has 2 aliphatic heterocycles. The van der Waals surface area contributed by atoms with Gasteiger partial charge in [-0.25, -0.2) is 8.42 Å². The standard InChI is InChI=1S/C19H19BrN2O3S2/c20-16-8-7-14(27(24,25)21-9-3-4-10-21)13-15(16)19(23)22-11-12-26-18-6-2-1-5-17(18)22/h1-2,5-8,13H,3-4,9-12H2. The molecule has 2 heterocycles. The lowest BCUT2D eigenvalue weighted by Gasteiger charge is -2.29. The van der Waals surface area contributed by atoms with Gasteiger partial charge in [0.15, 0.2) is 0 Å². The molecule has 0 bridgehead atoms. The Hall–Kier alpha value is -1.35. The summed E-state index contributed by atoms with van der Waals surface area (Å²) in [7, 11) is -3.57. The van der Waals surface area contributed by atoms with Gasteiger partial charge in [0.25, 0.3) is 5.91 Å². The molecule has 142 valence electrons. The van der Waals surface area contributed by atoms with Crippen LogP contribution in [0.4, 0.5) is 5.69 Å². The number of thioether (sulfide) groups is 1. The lowest BCUT2D eigenvalue weighted by molar-refractivity contribution is 0.0986. The topological polar surface area (TPSA) is 57.7 Å². The second kappa shape index (κ2) is 7.58. The second-order valence-electron chi connectivity index (χ2n) is 6.53. The highest BCUT2D eigenvalue weighted by atomic mass is 79.9. The number of hydrogen-bond donors (Lipinski definition) is 0. The zero-order valence-electron chi connectivity index (χ0n) is 14.6. The maximum Gasteiger partial charge on any atom is 0.259 e. The number of carbonyl (C=O) groups excluding carboxylic acids is 1. The minimum atomic E-state index is -3.57. The summed E-state index contributed by atoms with van der Waals surface area (Å²) in [5.41, 5.74) is 1.25. The van der Waals surface area contributed by atoms with E-state index in [9.17, 15) is 13.2 Å². The molecular weight excluding hydrogens is 448 g/mol. The monoisotopic (exact) mass is 466 g/mol. The summed E-state index contributed by atoms with van der Waals surface area (Å²) in [4.78, 5) is 16.2. The molecule has 8 heteroatoms. The van der Waals surface area contributed by atoms with Crippen molar-refractivity contribution in [3.05, 3.63) is 52.5 Å². The predicted octanol–water partition coefficient (Wildman–Crippen LogP) is 3.99. The quantitative estimate of drug-likeness (QED) is 0.685. The molecule has 1 amide bonds. The van der Waals surface area contributed by atoms with E-state index in [1.807, 2.05) is 24.3 Å². The van der Waals surface area contributed by atoms with Gasteiger partial charge in [-0.15, -0.1) is 11.8 Å². The number of amides is 1. The van der Waals surface area contributed by atoms with Crippen molar-refractivity contribution in [3.8, 4) is 0 Å². The molecule has 1 fully saturated rings. The third kappa shape index (κ3) is 3.55. The summed E-state index contributed by atoms with van der Waals surface area (Å²) in [6, 6.07) is 12.5. The van der Waals surface area contributed by atoms with Crippen molar-refractivity contribution in [2.75, 3.05) is 30.3 Å². The van der Waals surface area contributed by atoms with Gasteiger partial charge in [-0.2, -0.15) is 4.31 Å². The molecule has 0 saturated carbocycles. The van der Waals surface area contributed by atoms with E-state index in [4.69, 9.17) is 0 Å². The van der Waals surface area contributed by atoms with E-state index in [1.165, 1.54) is 10.4 Å². The van der Waals surface area contributed by atoms with Crippen LogP contribution in [0.15, 0.2) is 56.7 Å². The molecule has 2 aromatic carbocycles. The number of fused-ring (bicyclic) bond motifs is 1. The minimum Gasteiger partial charge on any atom is -0.306 e. The summed E-state index contributed by atoms with van der Waals surface area (Å²) < 4.78 is 27.9. The minimum absolute atomic E-state index is 0.176. The Kier molecular flexibility index (Phi) is 5.33. The highest BCUT2D eigenvalue weighted by Gasteiger charge is 2.30. The number of benzene rings is 2. The van der Waals surface area contributed by atoms with Crippen LogP contribution in [0.5, 0.6) is 0 Å². The fraction of sp³-hybridized carbons (Fsp3) is 0.316. The van der Waals surface area contributed by atoms with E-state index in [0.29, 0.717) is 29.7 Å². The van der Waals surface area contributed by atoms with Crippen LogP contribution < -0.4 is 4.90 Å². The molecule has 27 heavy (non-hydrogen) atoms.